The number of benzene rings is 2. The molecule has 0 aliphatic rings. The zero-order chi connectivity index (χ0) is 18.2. The van der Waals surface area contributed by atoms with Crippen molar-refractivity contribution in [3.05, 3.63) is 58.4 Å². The lowest BCUT2D eigenvalue weighted by Crippen LogP contribution is -2.12. The van der Waals surface area contributed by atoms with Crippen LogP contribution < -0.4 is 14.9 Å². The van der Waals surface area contributed by atoms with Gasteiger partial charge in [0.05, 0.1) is 17.8 Å². The summed E-state index contributed by atoms with van der Waals surface area (Å²) in [6.07, 6.45) is 1.46. The van der Waals surface area contributed by atoms with E-state index in [9.17, 15) is 9.18 Å². The van der Waals surface area contributed by atoms with E-state index in [-0.39, 0.29) is 18.3 Å². The molecule has 0 fully saturated rings. The number of nitrogens with one attached hydrogen (secondary N) is 1. The van der Waals surface area contributed by atoms with E-state index < -0.39 is 0 Å². The molecule has 0 heterocycles. The van der Waals surface area contributed by atoms with Crippen molar-refractivity contribution in [3.8, 4) is 11.5 Å². The van der Waals surface area contributed by atoms with Gasteiger partial charge in [0.1, 0.15) is 12.4 Å². The maximum absolute atomic E-state index is 13.0. The van der Waals surface area contributed by atoms with Gasteiger partial charge in [0.15, 0.2) is 11.5 Å². The number of carbonyl (C=O) groups excluding carboxylic acids is 1. The highest BCUT2D eigenvalue weighted by molar-refractivity contribution is 6.32. The second kappa shape index (κ2) is 9.03. The summed E-state index contributed by atoms with van der Waals surface area (Å²) < 4.78 is 24.3. The molecular formula is C18H18ClFN2O3. The fraction of sp³-hybridized carbons (Fsp3) is 0.222. The first kappa shape index (κ1) is 18.7. The van der Waals surface area contributed by atoms with Gasteiger partial charge in [-0.15, -0.1) is 0 Å². The van der Waals surface area contributed by atoms with Gasteiger partial charge >= 0.3 is 0 Å². The van der Waals surface area contributed by atoms with Gasteiger partial charge in [-0.2, -0.15) is 5.10 Å². The fourth-order valence-electron chi connectivity index (χ4n) is 2.00. The smallest absolute Gasteiger partial charge is 0.236 e. The van der Waals surface area contributed by atoms with Gasteiger partial charge in [-0.25, -0.2) is 9.82 Å². The maximum atomic E-state index is 13.0. The van der Waals surface area contributed by atoms with Crippen molar-refractivity contribution in [1.29, 1.82) is 0 Å². The molecular weight excluding hydrogens is 347 g/mol. The highest BCUT2D eigenvalue weighted by atomic mass is 35.5. The summed E-state index contributed by atoms with van der Waals surface area (Å²) >= 11 is 6.29. The molecule has 0 aliphatic heterocycles. The Morgan fingerprint density at radius 1 is 1.28 bits per heavy atom. The van der Waals surface area contributed by atoms with E-state index in [2.05, 4.69) is 10.5 Å². The minimum absolute atomic E-state index is 0.222. The van der Waals surface area contributed by atoms with Crippen LogP contribution in [0.4, 0.5) is 4.39 Å². The van der Waals surface area contributed by atoms with E-state index in [0.29, 0.717) is 28.7 Å². The zero-order valence-corrected chi connectivity index (χ0v) is 14.6. The standard InChI is InChI=1S/C18H18ClFN2O3/c1-3-24-17-9-14(10-21-22-12(2)23)8-16(19)18(17)25-11-13-4-6-15(20)7-5-13/h4-10H,3,11H2,1-2H3,(H,22,23)/b21-10-. The first-order chi connectivity index (χ1) is 12.0. The quantitative estimate of drug-likeness (QED) is 0.598. The summed E-state index contributed by atoms with van der Waals surface area (Å²) in [5, 5.41) is 4.14. The molecule has 0 saturated carbocycles. The van der Waals surface area contributed by atoms with Crippen molar-refractivity contribution < 1.29 is 18.7 Å². The minimum Gasteiger partial charge on any atom is -0.490 e. The van der Waals surface area contributed by atoms with Crippen molar-refractivity contribution in [2.24, 2.45) is 5.10 Å². The predicted molar refractivity (Wildman–Crippen MR) is 94.8 cm³/mol. The molecule has 7 heteroatoms. The number of rotatable bonds is 7. The van der Waals surface area contributed by atoms with E-state index >= 15 is 0 Å². The number of hydrogen-bond donors (Lipinski definition) is 1. The molecule has 0 bridgehead atoms. The Bertz CT molecular complexity index is 764. The van der Waals surface area contributed by atoms with Crippen LogP contribution in [0.15, 0.2) is 41.5 Å². The second-order valence-corrected chi connectivity index (χ2v) is 5.51. The molecule has 2 aromatic rings. The normalized spacial score (nSPS) is 10.7. The number of halogens is 2. The van der Waals surface area contributed by atoms with Gasteiger partial charge in [0.25, 0.3) is 0 Å². The maximum Gasteiger partial charge on any atom is 0.236 e. The van der Waals surface area contributed by atoms with Crippen molar-refractivity contribution in [2.45, 2.75) is 20.5 Å². The van der Waals surface area contributed by atoms with E-state index in [1.165, 1.54) is 25.3 Å². The van der Waals surface area contributed by atoms with Crippen LogP contribution in [0.2, 0.25) is 5.02 Å². The Kier molecular flexibility index (Phi) is 6.77. The van der Waals surface area contributed by atoms with Crippen LogP contribution in [0.1, 0.15) is 25.0 Å². The molecule has 0 spiro atoms. The largest absolute Gasteiger partial charge is 0.490 e. The third-order valence-electron chi connectivity index (χ3n) is 3.06. The SMILES string of the molecule is CCOc1cc(/C=N\NC(C)=O)cc(Cl)c1OCc1ccc(F)cc1. The molecule has 0 radical (unpaired) electrons. The Morgan fingerprint density at radius 3 is 2.64 bits per heavy atom. The number of nitrogens with zero attached hydrogens (tertiary/aromatic N) is 1. The monoisotopic (exact) mass is 364 g/mol. The van der Waals surface area contributed by atoms with Crippen molar-refractivity contribution >= 4 is 23.7 Å². The van der Waals surface area contributed by atoms with Gasteiger partial charge in [-0.1, -0.05) is 23.7 Å². The average Bonchev–Trinajstić information content (AvgIpc) is 2.55. The predicted octanol–water partition coefficient (Wildman–Crippen LogP) is 3.93. The molecule has 0 saturated heterocycles. The number of hydrogen-bond acceptors (Lipinski definition) is 4. The second-order valence-electron chi connectivity index (χ2n) is 5.10. The van der Waals surface area contributed by atoms with Crippen LogP contribution in [0.25, 0.3) is 0 Å². The van der Waals surface area contributed by atoms with Gasteiger partial charge in [-0.05, 0) is 42.3 Å². The zero-order valence-electron chi connectivity index (χ0n) is 13.9. The molecule has 0 aliphatic carbocycles. The lowest BCUT2D eigenvalue weighted by molar-refractivity contribution is -0.118. The lowest BCUT2D eigenvalue weighted by Gasteiger charge is -2.14. The number of carbonyl (C=O) groups is 1. The summed E-state index contributed by atoms with van der Waals surface area (Å²) in [7, 11) is 0. The van der Waals surface area contributed by atoms with E-state index in [1.54, 1.807) is 24.3 Å². The van der Waals surface area contributed by atoms with Crippen LogP contribution in [0, 0.1) is 5.82 Å². The van der Waals surface area contributed by atoms with Crippen LogP contribution in [0.3, 0.4) is 0 Å². The average molecular weight is 365 g/mol. The summed E-state index contributed by atoms with van der Waals surface area (Å²) in [6.45, 7) is 3.85. The van der Waals surface area contributed by atoms with Gasteiger partial charge in [0.2, 0.25) is 5.91 Å². The third kappa shape index (κ3) is 5.76. The molecule has 0 atom stereocenters. The topological polar surface area (TPSA) is 59.9 Å². The highest BCUT2D eigenvalue weighted by Crippen LogP contribution is 2.36. The van der Waals surface area contributed by atoms with Crippen LogP contribution >= 0.6 is 11.6 Å². The van der Waals surface area contributed by atoms with Gasteiger partial charge < -0.3 is 9.47 Å². The summed E-state index contributed by atoms with van der Waals surface area (Å²) in [6, 6.07) is 9.36. The molecule has 2 rings (SSSR count). The Labute approximate surface area is 150 Å². The van der Waals surface area contributed by atoms with Crippen LogP contribution in [-0.4, -0.2) is 18.7 Å². The first-order valence-corrected chi connectivity index (χ1v) is 8.00. The van der Waals surface area contributed by atoms with Crippen LogP contribution in [-0.2, 0) is 11.4 Å². The molecule has 25 heavy (non-hydrogen) atoms. The summed E-state index contributed by atoms with van der Waals surface area (Å²) in [4.78, 5) is 10.8. The Hall–Kier alpha value is -2.60. The van der Waals surface area contributed by atoms with Gasteiger partial charge in [0, 0.05) is 6.92 Å². The summed E-state index contributed by atoms with van der Waals surface area (Å²) in [5.74, 6) is 0.275. The molecule has 5 nitrogen and oxygen atoms in total. The molecule has 132 valence electrons. The van der Waals surface area contributed by atoms with E-state index in [4.69, 9.17) is 21.1 Å². The molecule has 0 aromatic heterocycles. The molecule has 0 unspecified atom stereocenters. The molecule has 1 amide bonds. The highest BCUT2D eigenvalue weighted by Gasteiger charge is 2.12. The fourth-order valence-corrected chi connectivity index (χ4v) is 2.27. The van der Waals surface area contributed by atoms with Crippen molar-refractivity contribution in [3.63, 3.8) is 0 Å². The molecule has 2 aromatic carbocycles. The first-order valence-electron chi connectivity index (χ1n) is 7.62. The van der Waals surface area contributed by atoms with Crippen molar-refractivity contribution in [2.75, 3.05) is 6.61 Å². The number of hydrazone groups is 1. The minimum atomic E-state index is -0.306. The number of amides is 1. The summed E-state index contributed by atoms with van der Waals surface area (Å²) in [5.41, 5.74) is 3.77. The van der Waals surface area contributed by atoms with E-state index in [0.717, 1.165) is 5.56 Å². The van der Waals surface area contributed by atoms with Crippen molar-refractivity contribution in [1.82, 2.24) is 5.43 Å². The van der Waals surface area contributed by atoms with E-state index in [1.807, 2.05) is 6.92 Å². The molecule has 1 N–H and O–H groups in total. The Morgan fingerprint density at radius 2 is 2.00 bits per heavy atom. The van der Waals surface area contributed by atoms with Gasteiger partial charge in [-0.3, -0.25) is 4.79 Å². The van der Waals surface area contributed by atoms with Crippen LogP contribution in [0.5, 0.6) is 11.5 Å². The Balaban J connectivity index is 2.19. The third-order valence-corrected chi connectivity index (χ3v) is 3.34. The lowest BCUT2D eigenvalue weighted by atomic mass is 10.2. The number of ether oxygens (including phenoxy) is 2.